The van der Waals surface area contributed by atoms with Crippen LogP contribution in [0.25, 0.3) is 0 Å². The Morgan fingerprint density at radius 1 is 1.28 bits per heavy atom. The molecule has 1 heterocycles. The number of halogens is 1. The predicted octanol–water partition coefficient (Wildman–Crippen LogP) is 3.67. The van der Waals surface area contributed by atoms with Gasteiger partial charge >= 0.3 is 5.97 Å². The van der Waals surface area contributed by atoms with Gasteiger partial charge < -0.3 is 19.7 Å². The highest BCUT2D eigenvalue weighted by Gasteiger charge is 2.21. The van der Waals surface area contributed by atoms with Gasteiger partial charge in [0.2, 0.25) is 5.91 Å². The van der Waals surface area contributed by atoms with E-state index >= 15 is 0 Å². The number of rotatable bonds is 6. The molecular formula is C18H21ClN2O4. The second-order valence-electron chi connectivity index (χ2n) is 5.75. The second kappa shape index (κ2) is 7.61. The Balaban J connectivity index is 2.30. The van der Waals surface area contributed by atoms with E-state index in [4.69, 9.17) is 16.3 Å². The van der Waals surface area contributed by atoms with E-state index in [1.54, 1.807) is 29.8 Å². The summed E-state index contributed by atoms with van der Waals surface area (Å²) in [7, 11) is 1.49. The third-order valence-electron chi connectivity index (χ3n) is 4.02. The van der Waals surface area contributed by atoms with Crippen molar-refractivity contribution in [3.05, 3.63) is 45.7 Å². The number of hydrogen-bond acceptors (Lipinski definition) is 3. The molecular weight excluding hydrogens is 344 g/mol. The number of aromatic nitrogens is 1. The van der Waals surface area contributed by atoms with Crippen LogP contribution in [0.15, 0.2) is 18.3 Å². The molecule has 1 amide bonds. The summed E-state index contributed by atoms with van der Waals surface area (Å²) in [6.45, 7) is 6.03. The average Bonchev–Trinajstić information content (AvgIpc) is 2.86. The lowest BCUT2D eigenvalue weighted by Crippen LogP contribution is -2.19. The van der Waals surface area contributed by atoms with Gasteiger partial charge in [0.15, 0.2) is 0 Å². The zero-order chi connectivity index (χ0) is 18.7. The number of carboxylic acid groups (broad SMARTS) is 1. The molecule has 0 fully saturated rings. The summed E-state index contributed by atoms with van der Waals surface area (Å²) in [6, 6.07) is 3.36. The van der Waals surface area contributed by atoms with Crippen LogP contribution in [0.3, 0.4) is 0 Å². The number of benzene rings is 1. The molecule has 2 rings (SSSR count). The molecule has 1 aromatic carbocycles. The summed E-state index contributed by atoms with van der Waals surface area (Å²) < 4.78 is 7.03. The predicted molar refractivity (Wildman–Crippen MR) is 96.9 cm³/mol. The van der Waals surface area contributed by atoms with Crippen molar-refractivity contribution in [3.8, 4) is 5.75 Å². The maximum Gasteiger partial charge on any atom is 0.337 e. The van der Waals surface area contributed by atoms with Gasteiger partial charge in [0.1, 0.15) is 5.75 Å². The Morgan fingerprint density at radius 3 is 2.52 bits per heavy atom. The molecule has 2 N–H and O–H groups in total. The highest BCUT2D eigenvalue weighted by atomic mass is 35.5. The van der Waals surface area contributed by atoms with Crippen LogP contribution in [0.1, 0.15) is 34.1 Å². The van der Waals surface area contributed by atoms with Crippen LogP contribution >= 0.6 is 11.6 Å². The van der Waals surface area contributed by atoms with Crippen molar-refractivity contribution >= 4 is 29.2 Å². The molecule has 1 aromatic heterocycles. The smallest absolute Gasteiger partial charge is 0.337 e. The average molecular weight is 365 g/mol. The molecule has 6 nitrogen and oxygen atoms in total. The summed E-state index contributed by atoms with van der Waals surface area (Å²) in [5.41, 5.74) is 2.59. The number of ether oxygens (including phenoxy) is 1. The van der Waals surface area contributed by atoms with Crippen molar-refractivity contribution < 1.29 is 19.4 Å². The number of amides is 1. The summed E-state index contributed by atoms with van der Waals surface area (Å²) in [4.78, 5) is 24.0. The van der Waals surface area contributed by atoms with Crippen LogP contribution in [-0.2, 0) is 17.8 Å². The topological polar surface area (TPSA) is 80.6 Å². The van der Waals surface area contributed by atoms with E-state index < -0.39 is 5.97 Å². The molecule has 134 valence electrons. The standard InChI is InChI=1S/C18H21ClN2O4/c1-5-21-9-11(3)17(18(23)24)14(21)8-16(22)20-13-6-10(2)12(19)7-15(13)25-4/h6-7,9H,5,8H2,1-4H3,(H,20,22)(H,23,24). The molecule has 0 saturated heterocycles. The van der Waals surface area contributed by atoms with Gasteiger partial charge in [0.25, 0.3) is 0 Å². The second-order valence-corrected chi connectivity index (χ2v) is 6.16. The highest BCUT2D eigenvalue weighted by molar-refractivity contribution is 6.31. The number of aryl methyl sites for hydroxylation is 3. The molecule has 0 bridgehead atoms. The fraction of sp³-hybridized carbons (Fsp3) is 0.333. The Morgan fingerprint density at radius 2 is 1.96 bits per heavy atom. The lowest BCUT2D eigenvalue weighted by molar-refractivity contribution is -0.115. The van der Waals surface area contributed by atoms with Gasteiger partial charge in [-0.05, 0) is 38.0 Å². The van der Waals surface area contributed by atoms with Gasteiger partial charge in [-0.25, -0.2) is 4.79 Å². The monoisotopic (exact) mass is 364 g/mol. The van der Waals surface area contributed by atoms with Crippen molar-refractivity contribution in [2.45, 2.75) is 33.7 Å². The Kier molecular flexibility index (Phi) is 5.74. The quantitative estimate of drug-likeness (QED) is 0.819. The Labute approximate surface area is 151 Å². The van der Waals surface area contributed by atoms with E-state index in [0.29, 0.717) is 34.3 Å². The van der Waals surface area contributed by atoms with Crippen molar-refractivity contribution in [2.24, 2.45) is 0 Å². The van der Waals surface area contributed by atoms with E-state index in [0.717, 1.165) is 5.56 Å². The number of methoxy groups -OCH3 is 1. The van der Waals surface area contributed by atoms with Gasteiger partial charge in [-0.3, -0.25) is 4.79 Å². The lowest BCUT2D eigenvalue weighted by Gasteiger charge is -2.13. The minimum absolute atomic E-state index is 0.0475. The number of carbonyl (C=O) groups excluding carboxylic acids is 1. The minimum Gasteiger partial charge on any atom is -0.495 e. The van der Waals surface area contributed by atoms with E-state index in [1.165, 1.54) is 7.11 Å². The maximum absolute atomic E-state index is 12.5. The number of aromatic carboxylic acids is 1. The van der Waals surface area contributed by atoms with E-state index in [9.17, 15) is 14.7 Å². The van der Waals surface area contributed by atoms with Gasteiger partial charge in [0.05, 0.1) is 24.8 Å². The molecule has 0 saturated carbocycles. The zero-order valence-corrected chi connectivity index (χ0v) is 15.4. The molecule has 0 atom stereocenters. The molecule has 0 aliphatic rings. The lowest BCUT2D eigenvalue weighted by atomic mass is 10.1. The van der Waals surface area contributed by atoms with Crippen LogP contribution in [0, 0.1) is 13.8 Å². The number of anilines is 1. The zero-order valence-electron chi connectivity index (χ0n) is 14.6. The van der Waals surface area contributed by atoms with Gasteiger partial charge in [-0.2, -0.15) is 0 Å². The first-order valence-electron chi connectivity index (χ1n) is 7.84. The van der Waals surface area contributed by atoms with Crippen molar-refractivity contribution in [1.82, 2.24) is 4.57 Å². The van der Waals surface area contributed by atoms with E-state index in [1.807, 2.05) is 13.8 Å². The van der Waals surface area contributed by atoms with Crippen molar-refractivity contribution in [1.29, 1.82) is 0 Å². The molecule has 0 aliphatic carbocycles. The first-order chi connectivity index (χ1) is 11.8. The largest absolute Gasteiger partial charge is 0.495 e. The van der Waals surface area contributed by atoms with Crippen LogP contribution in [-0.4, -0.2) is 28.7 Å². The third-order valence-corrected chi connectivity index (χ3v) is 4.42. The van der Waals surface area contributed by atoms with Crippen LogP contribution in [0.5, 0.6) is 5.75 Å². The first-order valence-corrected chi connectivity index (χ1v) is 8.22. The first kappa shape index (κ1) is 18.9. The molecule has 0 radical (unpaired) electrons. The van der Waals surface area contributed by atoms with E-state index in [2.05, 4.69) is 5.32 Å². The fourth-order valence-electron chi connectivity index (χ4n) is 2.79. The number of nitrogens with zero attached hydrogens (tertiary/aromatic N) is 1. The fourth-order valence-corrected chi connectivity index (χ4v) is 2.94. The van der Waals surface area contributed by atoms with E-state index in [-0.39, 0.29) is 17.9 Å². The van der Waals surface area contributed by atoms with Crippen LogP contribution in [0.4, 0.5) is 5.69 Å². The molecule has 0 unspecified atom stereocenters. The van der Waals surface area contributed by atoms with Crippen LogP contribution in [0.2, 0.25) is 5.02 Å². The summed E-state index contributed by atoms with van der Waals surface area (Å²) in [6.07, 6.45) is 1.70. The Bertz CT molecular complexity index is 827. The van der Waals surface area contributed by atoms with Crippen molar-refractivity contribution in [2.75, 3.05) is 12.4 Å². The highest BCUT2D eigenvalue weighted by Crippen LogP contribution is 2.31. The molecule has 0 spiro atoms. The van der Waals surface area contributed by atoms with Gasteiger partial charge in [0, 0.05) is 29.5 Å². The molecule has 0 aliphatic heterocycles. The summed E-state index contributed by atoms with van der Waals surface area (Å²) in [5.74, 6) is -0.910. The molecule has 2 aromatic rings. The maximum atomic E-state index is 12.5. The summed E-state index contributed by atoms with van der Waals surface area (Å²) >= 11 is 6.07. The van der Waals surface area contributed by atoms with Crippen LogP contribution < -0.4 is 10.1 Å². The molecule has 25 heavy (non-hydrogen) atoms. The van der Waals surface area contributed by atoms with Crippen molar-refractivity contribution in [3.63, 3.8) is 0 Å². The Hall–Kier alpha value is -2.47. The molecule has 7 heteroatoms. The summed E-state index contributed by atoms with van der Waals surface area (Å²) in [5, 5.41) is 12.7. The van der Waals surface area contributed by atoms with Gasteiger partial charge in [-0.1, -0.05) is 11.6 Å². The SMILES string of the molecule is CCn1cc(C)c(C(=O)O)c1CC(=O)Nc1cc(C)c(Cl)cc1OC. The number of carboxylic acids is 1. The normalized spacial score (nSPS) is 10.6. The van der Waals surface area contributed by atoms with Gasteiger partial charge in [-0.15, -0.1) is 0 Å². The minimum atomic E-state index is -1.03. The number of hydrogen-bond donors (Lipinski definition) is 2. The third kappa shape index (κ3) is 3.96. The number of nitrogens with one attached hydrogen (secondary N) is 1. The number of carbonyl (C=O) groups is 2.